The molecule has 4 nitrogen and oxygen atoms in total. The monoisotopic (exact) mass is 1480 g/mol. The predicted molar refractivity (Wildman–Crippen MR) is 497 cm³/mol. The molecule has 0 N–H and O–H groups in total. The number of rotatable bonds is 10. The normalized spacial score (nSPS) is 13.2. The molecule has 0 saturated carbocycles. The van der Waals surface area contributed by atoms with E-state index in [0.717, 1.165) is 129 Å². The number of nitrogens with zero attached hydrogens (tertiary/aromatic N) is 4. The van der Waals surface area contributed by atoms with Gasteiger partial charge in [-0.3, -0.25) is 0 Å². The van der Waals surface area contributed by atoms with Crippen molar-refractivity contribution in [1.29, 1.82) is 0 Å². The molecule has 0 bridgehead atoms. The van der Waals surface area contributed by atoms with E-state index in [2.05, 4.69) is 449 Å². The zero-order valence-corrected chi connectivity index (χ0v) is 65.9. The Morgan fingerprint density at radius 2 is 0.457 bits per heavy atom. The van der Waals surface area contributed by atoms with Gasteiger partial charge in [0, 0.05) is 84.6 Å². The first-order valence-corrected chi connectivity index (χ1v) is 40.9. The molecular weight excluding hydrogens is 1400 g/mol. The fourth-order valence-electron chi connectivity index (χ4n) is 19.7. The summed E-state index contributed by atoms with van der Waals surface area (Å²) in [4.78, 5) is 10.8. The molecule has 18 aromatic rings. The fourth-order valence-corrected chi connectivity index (χ4v) is 19.7. The summed E-state index contributed by atoms with van der Waals surface area (Å²) < 4.78 is 0. The number of hydrogen-bond acceptors (Lipinski definition) is 4. The molecule has 4 aliphatic heterocycles. The summed E-state index contributed by atoms with van der Waals surface area (Å²) in [6.45, 7) is 13.9. The Bertz CT molecular complexity index is 6780. The molecule has 4 heterocycles. The number of benzene rings is 18. The number of para-hydroxylation sites is 5. The van der Waals surface area contributed by atoms with Crippen LogP contribution < -0.4 is 52.4 Å². The highest BCUT2D eigenvalue weighted by molar-refractivity contribution is 7.03. The van der Waals surface area contributed by atoms with Crippen LogP contribution in [0.1, 0.15) is 52.7 Å². The van der Waals surface area contributed by atoms with E-state index >= 15 is 0 Å². The van der Waals surface area contributed by atoms with Crippen LogP contribution in [0.5, 0.6) is 0 Å². The van der Waals surface area contributed by atoms with Crippen molar-refractivity contribution in [3.8, 4) is 66.8 Å². The summed E-state index contributed by atoms with van der Waals surface area (Å²) in [5.41, 5.74) is 36.8. The molecule has 0 unspecified atom stereocenters. The Labute approximate surface area is 680 Å². The third-order valence-corrected chi connectivity index (χ3v) is 25.1. The SMILES string of the molecule is CC(C)(C)c1cc2c3c(c1)N(c1c(-c4ccccc4)cccc1-c1ccccc1)c1ccccc1B3c1cc3c(cc1N2c1ccc2c4ccccc4c4ccccc4c2c1)N(c1c(-c2ccccc2)cccc1-c1ccccc1)c1cc(C(C)(C)C)cc2c1B3c1ccccc1N2c1c(-c2ccccc2)cccc1-c1ccccc1. The molecule has 22 rings (SSSR count). The van der Waals surface area contributed by atoms with Gasteiger partial charge in [-0.25, -0.2) is 0 Å². The summed E-state index contributed by atoms with van der Waals surface area (Å²) in [5, 5.41) is 7.41. The predicted octanol–water partition coefficient (Wildman–Crippen LogP) is 25.9. The molecule has 116 heavy (non-hydrogen) atoms. The van der Waals surface area contributed by atoms with Crippen molar-refractivity contribution >= 4 is 147 Å². The maximum atomic E-state index is 2.76. The Kier molecular flexibility index (Phi) is 15.9. The number of hydrogen-bond donors (Lipinski definition) is 0. The number of anilines is 12. The maximum Gasteiger partial charge on any atom is 0.252 e. The molecule has 4 aliphatic rings. The zero-order chi connectivity index (χ0) is 77.7. The van der Waals surface area contributed by atoms with Gasteiger partial charge < -0.3 is 19.6 Å². The lowest BCUT2D eigenvalue weighted by atomic mass is 9.30. The second kappa shape index (κ2) is 26.9. The van der Waals surface area contributed by atoms with Crippen molar-refractivity contribution < 1.29 is 0 Å². The van der Waals surface area contributed by atoms with Gasteiger partial charge in [0.25, 0.3) is 13.4 Å². The largest absolute Gasteiger partial charge is 0.311 e. The standard InChI is InChI=1S/C110H82B2N4/c1-109(2,3)77-64-100-104-101(65-77)114(106-80(71-36-13-7-14-37-71)52-33-53-81(106)72-38-15-8-16-39-72)96-60-31-29-58-92(96)111(104)94-69-95-99(70-98(94)113(100)79-62-63-90-88-50-26-25-48-86(88)87-49-27-28-51-89(87)91(90)68-79)116(108-84(75-44-21-11-22-45-75)56-35-57-85(108)76-46-23-12-24-47-76)103-67-78(110(4,5)6)66-102-105(103)112(95)93-59-30-32-61-97(93)115(102)107-82(73-40-17-9-18-41-73)54-34-55-83(107)74-42-19-10-20-43-74/h7-70H,1-6H3. The molecule has 0 radical (unpaired) electrons. The third-order valence-electron chi connectivity index (χ3n) is 25.1. The van der Waals surface area contributed by atoms with E-state index < -0.39 is 0 Å². The Morgan fingerprint density at radius 1 is 0.190 bits per heavy atom. The van der Waals surface area contributed by atoms with E-state index in [-0.39, 0.29) is 24.3 Å². The second-order valence-electron chi connectivity index (χ2n) is 33.8. The van der Waals surface area contributed by atoms with Gasteiger partial charge in [-0.05, 0) is 175 Å². The first-order valence-electron chi connectivity index (χ1n) is 40.9. The molecular formula is C110H82B2N4. The van der Waals surface area contributed by atoms with Gasteiger partial charge in [0.15, 0.2) is 0 Å². The lowest BCUT2D eigenvalue weighted by Gasteiger charge is -2.48. The summed E-state index contributed by atoms with van der Waals surface area (Å²) >= 11 is 0. The van der Waals surface area contributed by atoms with Gasteiger partial charge in [0.2, 0.25) is 0 Å². The van der Waals surface area contributed by atoms with Crippen molar-refractivity contribution in [3.63, 3.8) is 0 Å². The van der Waals surface area contributed by atoms with Crippen LogP contribution in [0.3, 0.4) is 0 Å². The summed E-state index contributed by atoms with van der Waals surface area (Å²) in [5.74, 6) is 0. The Morgan fingerprint density at radius 3 is 0.784 bits per heavy atom. The van der Waals surface area contributed by atoms with Crippen LogP contribution in [-0.2, 0) is 10.8 Å². The summed E-state index contributed by atoms with van der Waals surface area (Å²) in [6.07, 6.45) is 0. The van der Waals surface area contributed by atoms with Gasteiger partial charge in [-0.15, -0.1) is 0 Å². The molecule has 0 amide bonds. The zero-order valence-electron chi connectivity index (χ0n) is 65.9. The number of fused-ring (bicyclic) bond motifs is 14. The molecule has 0 aromatic heterocycles. The molecule has 0 aliphatic carbocycles. The minimum absolute atomic E-state index is 0.261. The minimum atomic E-state index is -0.325. The van der Waals surface area contributed by atoms with E-state index in [1.165, 1.54) is 81.9 Å². The topological polar surface area (TPSA) is 13.0 Å². The van der Waals surface area contributed by atoms with Crippen LogP contribution in [0.25, 0.3) is 99.1 Å². The maximum absolute atomic E-state index is 2.76. The van der Waals surface area contributed by atoms with Crippen molar-refractivity contribution in [2.24, 2.45) is 0 Å². The summed E-state index contributed by atoms with van der Waals surface area (Å²) in [7, 11) is 0. The first-order chi connectivity index (χ1) is 56.9. The highest BCUT2D eigenvalue weighted by atomic mass is 15.2. The average molecular weight is 1480 g/mol. The van der Waals surface area contributed by atoms with E-state index in [9.17, 15) is 0 Å². The third kappa shape index (κ3) is 10.8. The Hall–Kier alpha value is -13.9. The van der Waals surface area contributed by atoms with Crippen LogP contribution in [-0.4, -0.2) is 13.4 Å². The average Bonchev–Trinajstić information content (AvgIpc) is 0.680. The summed E-state index contributed by atoms with van der Waals surface area (Å²) in [6, 6.07) is 148. The van der Waals surface area contributed by atoms with E-state index in [0.29, 0.717) is 0 Å². The lowest BCUT2D eigenvalue weighted by Crippen LogP contribution is -2.65. The quantitative estimate of drug-likeness (QED) is 0.0999. The minimum Gasteiger partial charge on any atom is -0.311 e. The smallest absolute Gasteiger partial charge is 0.252 e. The molecule has 0 fully saturated rings. The molecule has 0 atom stereocenters. The van der Waals surface area contributed by atoms with Crippen molar-refractivity contribution in [3.05, 3.63) is 399 Å². The van der Waals surface area contributed by atoms with Gasteiger partial charge in [-0.2, -0.15) is 0 Å². The van der Waals surface area contributed by atoms with Crippen LogP contribution in [0.15, 0.2) is 388 Å². The molecule has 18 aromatic carbocycles. The van der Waals surface area contributed by atoms with Gasteiger partial charge in [-0.1, -0.05) is 375 Å². The highest BCUT2D eigenvalue weighted by Gasteiger charge is 2.50. The van der Waals surface area contributed by atoms with Crippen LogP contribution in [0, 0.1) is 0 Å². The second-order valence-corrected chi connectivity index (χ2v) is 33.8. The van der Waals surface area contributed by atoms with Crippen LogP contribution in [0.4, 0.5) is 68.2 Å². The van der Waals surface area contributed by atoms with Gasteiger partial charge in [0.1, 0.15) is 0 Å². The van der Waals surface area contributed by atoms with E-state index in [1.54, 1.807) is 0 Å². The van der Waals surface area contributed by atoms with Crippen LogP contribution in [0.2, 0.25) is 0 Å². The van der Waals surface area contributed by atoms with E-state index in [1.807, 2.05) is 0 Å². The van der Waals surface area contributed by atoms with Gasteiger partial charge >= 0.3 is 0 Å². The molecule has 0 spiro atoms. The first kappa shape index (κ1) is 68.8. The fraction of sp³-hybridized carbons (Fsp3) is 0.0727. The highest BCUT2D eigenvalue weighted by Crippen LogP contribution is 2.57. The van der Waals surface area contributed by atoms with Crippen molar-refractivity contribution in [2.45, 2.75) is 52.4 Å². The Balaban J connectivity index is 0.915. The lowest BCUT2D eigenvalue weighted by molar-refractivity contribution is 0.590. The van der Waals surface area contributed by atoms with Gasteiger partial charge in [0.05, 0.1) is 17.1 Å². The van der Waals surface area contributed by atoms with Crippen molar-refractivity contribution in [2.75, 3.05) is 19.6 Å². The van der Waals surface area contributed by atoms with Crippen molar-refractivity contribution in [1.82, 2.24) is 0 Å². The van der Waals surface area contributed by atoms with Crippen LogP contribution >= 0.6 is 0 Å². The molecule has 548 valence electrons. The molecule has 0 saturated heterocycles. The van der Waals surface area contributed by atoms with E-state index in [4.69, 9.17) is 0 Å². The molecule has 6 heteroatoms.